The number of carboxylic acids is 1. The van der Waals surface area contributed by atoms with Crippen LogP contribution in [0.4, 0.5) is 0 Å². The Bertz CT molecular complexity index is 757. The standard InChI is InChI=1S/C20H28N4O5/c1-12(25)22-16(11-13-7-9-15(10-8-13)18(21)24-29)19(26)23-17(20(27)28)14-5-3-2-4-6-14/h7-10,14,16-17,29H,2-6,11H2,1H3,(H2,21,24)(H,22,25)(H,23,26)(H,27,28). The van der Waals surface area contributed by atoms with Crippen LogP contribution in [0.3, 0.4) is 0 Å². The Morgan fingerprint density at radius 3 is 2.28 bits per heavy atom. The van der Waals surface area contributed by atoms with Crippen molar-refractivity contribution < 1.29 is 24.7 Å². The minimum absolute atomic E-state index is 0.0375. The van der Waals surface area contributed by atoms with Gasteiger partial charge in [-0.2, -0.15) is 0 Å². The topological polar surface area (TPSA) is 154 Å². The van der Waals surface area contributed by atoms with Crippen LogP contribution < -0.4 is 16.4 Å². The Balaban J connectivity index is 2.12. The molecule has 0 aromatic heterocycles. The fraction of sp³-hybridized carbons (Fsp3) is 0.500. The number of carboxylic acid groups (broad SMARTS) is 1. The zero-order valence-corrected chi connectivity index (χ0v) is 16.4. The van der Waals surface area contributed by atoms with Crippen LogP contribution in [-0.2, 0) is 20.8 Å². The van der Waals surface area contributed by atoms with E-state index in [0.717, 1.165) is 37.7 Å². The van der Waals surface area contributed by atoms with Gasteiger partial charge in [0.15, 0.2) is 5.84 Å². The van der Waals surface area contributed by atoms with Crippen LogP contribution in [0.5, 0.6) is 0 Å². The Hall–Kier alpha value is -3.10. The largest absolute Gasteiger partial charge is 0.480 e. The van der Waals surface area contributed by atoms with Gasteiger partial charge in [0.05, 0.1) is 0 Å². The van der Waals surface area contributed by atoms with Crippen LogP contribution in [0.15, 0.2) is 29.4 Å². The summed E-state index contributed by atoms with van der Waals surface area (Å²) in [6.45, 7) is 1.30. The van der Waals surface area contributed by atoms with Crippen LogP contribution in [0.2, 0.25) is 0 Å². The lowest BCUT2D eigenvalue weighted by Gasteiger charge is -2.29. The molecule has 6 N–H and O–H groups in total. The average molecular weight is 404 g/mol. The number of nitrogens with zero attached hydrogens (tertiary/aromatic N) is 1. The number of carbonyl (C=O) groups is 3. The van der Waals surface area contributed by atoms with Crippen LogP contribution in [0.25, 0.3) is 0 Å². The van der Waals surface area contributed by atoms with Crippen molar-refractivity contribution in [1.82, 2.24) is 10.6 Å². The third kappa shape index (κ3) is 6.48. The number of carbonyl (C=O) groups excluding carboxylic acids is 2. The minimum Gasteiger partial charge on any atom is -0.480 e. The molecule has 0 bridgehead atoms. The van der Waals surface area contributed by atoms with Gasteiger partial charge in [-0.1, -0.05) is 48.7 Å². The Labute approximate surface area is 169 Å². The summed E-state index contributed by atoms with van der Waals surface area (Å²) in [6.07, 6.45) is 4.68. The lowest BCUT2D eigenvalue weighted by molar-refractivity contribution is -0.144. The van der Waals surface area contributed by atoms with E-state index in [9.17, 15) is 19.5 Å². The van der Waals surface area contributed by atoms with Gasteiger partial charge >= 0.3 is 5.97 Å². The number of hydrogen-bond acceptors (Lipinski definition) is 5. The number of amides is 2. The van der Waals surface area contributed by atoms with Crippen molar-refractivity contribution in [3.05, 3.63) is 35.4 Å². The third-order valence-electron chi connectivity index (χ3n) is 5.18. The van der Waals surface area contributed by atoms with Crippen molar-refractivity contribution >= 4 is 23.6 Å². The normalized spacial score (nSPS) is 17.2. The van der Waals surface area contributed by atoms with Gasteiger partial charge in [-0.25, -0.2) is 4.79 Å². The second-order valence-electron chi connectivity index (χ2n) is 7.36. The van der Waals surface area contributed by atoms with Gasteiger partial charge < -0.3 is 26.7 Å². The first kappa shape index (κ1) is 22.2. The Morgan fingerprint density at radius 1 is 1.14 bits per heavy atom. The molecule has 2 amide bonds. The van der Waals surface area contributed by atoms with E-state index in [0.29, 0.717) is 5.56 Å². The molecule has 0 radical (unpaired) electrons. The van der Waals surface area contributed by atoms with Crippen molar-refractivity contribution in [2.24, 2.45) is 16.8 Å². The predicted octanol–water partition coefficient (Wildman–Crippen LogP) is 0.978. The zero-order chi connectivity index (χ0) is 21.4. The lowest BCUT2D eigenvalue weighted by atomic mass is 9.83. The van der Waals surface area contributed by atoms with Crippen molar-refractivity contribution in [2.45, 2.75) is 57.5 Å². The molecular weight excluding hydrogens is 376 g/mol. The Morgan fingerprint density at radius 2 is 1.76 bits per heavy atom. The number of amidine groups is 1. The van der Waals surface area contributed by atoms with E-state index in [4.69, 9.17) is 10.9 Å². The summed E-state index contributed by atoms with van der Waals surface area (Å²) in [4.78, 5) is 36.1. The van der Waals surface area contributed by atoms with Crippen molar-refractivity contribution in [1.29, 1.82) is 0 Å². The van der Waals surface area contributed by atoms with Gasteiger partial charge in [0, 0.05) is 18.9 Å². The molecule has 1 aliphatic carbocycles. The molecule has 0 spiro atoms. The minimum atomic E-state index is -1.06. The van der Waals surface area contributed by atoms with E-state index in [-0.39, 0.29) is 24.1 Å². The summed E-state index contributed by atoms with van der Waals surface area (Å²) in [5, 5.41) is 26.5. The van der Waals surface area contributed by atoms with Gasteiger partial charge in [-0.15, -0.1) is 0 Å². The summed E-state index contributed by atoms with van der Waals surface area (Å²) >= 11 is 0. The second kappa shape index (κ2) is 10.4. The average Bonchev–Trinajstić information content (AvgIpc) is 2.71. The van der Waals surface area contributed by atoms with E-state index in [2.05, 4.69) is 15.8 Å². The zero-order valence-electron chi connectivity index (χ0n) is 16.4. The second-order valence-corrected chi connectivity index (χ2v) is 7.36. The monoisotopic (exact) mass is 404 g/mol. The van der Waals surface area contributed by atoms with Gasteiger partial charge in [0.25, 0.3) is 0 Å². The molecule has 0 aliphatic heterocycles. The Kier molecular flexibility index (Phi) is 7.99. The van der Waals surface area contributed by atoms with Crippen LogP contribution >= 0.6 is 0 Å². The first-order valence-corrected chi connectivity index (χ1v) is 9.69. The molecular formula is C20H28N4O5. The van der Waals surface area contributed by atoms with Gasteiger partial charge in [-0.05, 0) is 24.3 Å². The molecule has 158 valence electrons. The molecule has 0 heterocycles. The summed E-state index contributed by atoms with van der Waals surface area (Å²) in [7, 11) is 0. The van der Waals surface area contributed by atoms with E-state index >= 15 is 0 Å². The maximum Gasteiger partial charge on any atom is 0.326 e. The van der Waals surface area contributed by atoms with Crippen molar-refractivity contribution in [2.75, 3.05) is 0 Å². The SMILES string of the molecule is CC(=O)NC(Cc1ccc(/C(N)=N/O)cc1)C(=O)NC(C(=O)O)C1CCCCC1. The van der Waals surface area contributed by atoms with E-state index < -0.39 is 24.0 Å². The fourth-order valence-electron chi connectivity index (χ4n) is 3.66. The van der Waals surface area contributed by atoms with E-state index in [1.807, 2.05) is 0 Å². The van der Waals surface area contributed by atoms with Crippen LogP contribution in [0.1, 0.15) is 50.2 Å². The number of aliphatic carboxylic acids is 1. The third-order valence-corrected chi connectivity index (χ3v) is 5.18. The molecule has 2 rings (SSSR count). The number of benzene rings is 1. The first-order valence-electron chi connectivity index (χ1n) is 9.69. The highest BCUT2D eigenvalue weighted by atomic mass is 16.4. The molecule has 2 unspecified atom stereocenters. The van der Waals surface area contributed by atoms with Crippen molar-refractivity contribution in [3.8, 4) is 0 Å². The van der Waals surface area contributed by atoms with E-state index in [1.54, 1.807) is 24.3 Å². The highest BCUT2D eigenvalue weighted by Gasteiger charge is 2.33. The predicted molar refractivity (Wildman–Crippen MR) is 106 cm³/mol. The molecule has 1 fully saturated rings. The van der Waals surface area contributed by atoms with Crippen LogP contribution in [-0.4, -0.2) is 46.0 Å². The maximum absolute atomic E-state index is 12.8. The molecule has 9 nitrogen and oxygen atoms in total. The first-order chi connectivity index (χ1) is 13.8. The fourth-order valence-corrected chi connectivity index (χ4v) is 3.66. The summed E-state index contributed by atoms with van der Waals surface area (Å²) in [5.41, 5.74) is 6.79. The summed E-state index contributed by atoms with van der Waals surface area (Å²) in [6, 6.07) is 4.79. The molecule has 1 aromatic carbocycles. The molecule has 1 aliphatic rings. The number of nitrogens with one attached hydrogen (secondary N) is 2. The molecule has 9 heteroatoms. The summed E-state index contributed by atoms with van der Waals surface area (Å²) < 4.78 is 0. The highest BCUT2D eigenvalue weighted by molar-refractivity contribution is 5.97. The van der Waals surface area contributed by atoms with Gasteiger partial charge in [0.2, 0.25) is 11.8 Å². The number of oxime groups is 1. The molecule has 2 atom stereocenters. The summed E-state index contributed by atoms with van der Waals surface area (Å²) in [5.74, 6) is -2.12. The smallest absolute Gasteiger partial charge is 0.326 e. The number of rotatable bonds is 8. The molecule has 0 saturated heterocycles. The molecule has 29 heavy (non-hydrogen) atoms. The quantitative estimate of drug-likeness (QED) is 0.188. The van der Waals surface area contributed by atoms with E-state index in [1.165, 1.54) is 6.92 Å². The lowest BCUT2D eigenvalue weighted by Crippen LogP contribution is -2.54. The highest BCUT2D eigenvalue weighted by Crippen LogP contribution is 2.26. The van der Waals surface area contributed by atoms with Crippen LogP contribution in [0, 0.1) is 5.92 Å². The molecule has 1 aromatic rings. The van der Waals surface area contributed by atoms with Gasteiger partial charge in [0.1, 0.15) is 12.1 Å². The number of hydrogen-bond donors (Lipinski definition) is 5. The van der Waals surface area contributed by atoms with Crippen molar-refractivity contribution in [3.63, 3.8) is 0 Å². The maximum atomic E-state index is 12.8. The number of nitrogens with two attached hydrogens (primary N) is 1. The molecule has 1 saturated carbocycles. The van der Waals surface area contributed by atoms with Gasteiger partial charge in [-0.3, -0.25) is 9.59 Å².